The monoisotopic (exact) mass is 288 g/mol. The van der Waals surface area contributed by atoms with Crippen LogP contribution in [0.25, 0.3) is 0 Å². The van der Waals surface area contributed by atoms with Crippen molar-refractivity contribution >= 4 is 0 Å². The molecule has 0 bridgehead atoms. The molecular formula is C18H28N2O. The van der Waals surface area contributed by atoms with Crippen LogP contribution in [-0.2, 0) is 6.54 Å². The molecule has 2 aliphatic carbocycles. The maximum absolute atomic E-state index is 5.86. The standard InChI is InChI=1S/C18H28N2O/c1(2-11-19-16-7-8-16)3-12-21-18-6-4-5-15(13-18)14-20-17-9-10-17/h4-6,13,16-17,19-20H,1-3,7-12,14H2. The van der Waals surface area contributed by atoms with Crippen molar-refractivity contribution in [1.29, 1.82) is 0 Å². The smallest absolute Gasteiger partial charge is 0.119 e. The predicted octanol–water partition coefficient (Wildman–Crippen LogP) is 3.24. The Morgan fingerprint density at radius 2 is 1.76 bits per heavy atom. The Morgan fingerprint density at radius 3 is 2.57 bits per heavy atom. The van der Waals surface area contributed by atoms with Gasteiger partial charge in [0.25, 0.3) is 0 Å². The summed E-state index contributed by atoms with van der Waals surface area (Å²) in [6.07, 6.45) is 9.12. The first-order valence-corrected chi connectivity index (χ1v) is 8.59. The molecule has 2 N–H and O–H groups in total. The van der Waals surface area contributed by atoms with Gasteiger partial charge in [0.15, 0.2) is 0 Å². The lowest BCUT2D eigenvalue weighted by molar-refractivity contribution is 0.304. The van der Waals surface area contributed by atoms with Crippen LogP contribution in [0.4, 0.5) is 0 Å². The molecule has 3 rings (SSSR count). The third-order valence-electron chi connectivity index (χ3n) is 4.17. The second-order valence-corrected chi connectivity index (χ2v) is 6.44. The third kappa shape index (κ3) is 6.06. The van der Waals surface area contributed by atoms with Crippen LogP contribution in [0.5, 0.6) is 5.75 Å². The zero-order valence-corrected chi connectivity index (χ0v) is 12.9. The number of ether oxygens (including phenoxy) is 1. The van der Waals surface area contributed by atoms with Crippen molar-refractivity contribution in [3.8, 4) is 5.75 Å². The number of hydrogen-bond acceptors (Lipinski definition) is 3. The molecule has 0 amide bonds. The Hall–Kier alpha value is -1.06. The van der Waals surface area contributed by atoms with Crippen LogP contribution in [-0.4, -0.2) is 25.2 Å². The van der Waals surface area contributed by atoms with E-state index in [-0.39, 0.29) is 0 Å². The average molecular weight is 288 g/mol. The molecule has 2 saturated carbocycles. The Morgan fingerprint density at radius 1 is 0.952 bits per heavy atom. The number of unbranched alkanes of at least 4 members (excludes halogenated alkanes) is 2. The van der Waals surface area contributed by atoms with Crippen molar-refractivity contribution in [3.05, 3.63) is 29.8 Å². The summed E-state index contributed by atoms with van der Waals surface area (Å²) in [7, 11) is 0. The second kappa shape index (κ2) is 7.81. The maximum atomic E-state index is 5.86. The van der Waals surface area contributed by atoms with Gasteiger partial charge in [0.2, 0.25) is 0 Å². The van der Waals surface area contributed by atoms with Gasteiger partial charge < -0.3 is 15.4 Å². The fourth-order valence-electron chi connectivity index (χ4n) is 2.48. The van der Waals surface area contributed by atoms with Crippen molar-refractivity contribution < 1.29 is 4.74 Å². The van der Waals surface area contributed by atoms with Gasteiger partial charge in [-0.15, -0.1) is 0 Å². The number of benzene rings is 1. The molecule has 0 radical (unpaired) electrons. The van der Waals surface area contributed by atoms with Crippen molar-refractivity contribution in [1.82, 2.24) is 10.6 Å². The van der Waals surface area contributed by atoms with Gasteiger partial charge in [0, 0.05) is 18.6 Å². The molecule has 1 aromatic rings. The van der Waals surface area contributed by atoms with E-state index in [2.05, 4.69) is 34.9 Å². The topological polar surface area (TPSA) is 33.3 Å². The highest BCUT2D eigenvalue weighted by atomic mass is 16.5. The predicted molar refractivity (Wildman–Crippen MR) is 86.7 cm³/mol. The molecule has 2 aliphatic rings. The lowest BCUT2D eigenvalue weighted by atomic mass is 10.2. The van der Waals surface area contributed by atoms with Gasteiger partial charge in [0.1, 0.15) is 5.75 Å². The fraction of sp³-hybridized carbons (Fsp3) is 0.667. The highest BCUT2D eigenvalue weighted by molar-refractivity contribution is 5.28. The van der Waals surface area contributed by atoms with E-state index in [1.54, 1.807) is 0 Å². The molecule has 0 heterocycles. The minimum atomic E-state index is 0.763. The molecule has 1 aromatic carbocycles. The summed E-state index contributed by atoms with van der Waals surface area (Å²) in [5.41, 5.74) is 1.33. The summed E-state index contributed by atoms with van der Waals surface area (Å²) >= 11 is 0. The molecule has 0 saturated heterocycles. The highest BCUT2D eigenvalue weighted by Gasteiger charge is 2.20. The summed E-state index contributed by atoms with van der Waals surface area (Å²) in [6, 6.07) is 10.1. The lowest BCUT2D eigenvalue weighted by Gasteiger charge is -2.09. The van der Waals surface area contributed by atoms with E-state index >= 15 is 0 Å². The van der Waals surface area contributed by atoms with Gasteiger partial charge in [-0.1, -0.05) is 12.1 Å². The average Bonchev–Trinajstić information content (AvgIpc) is 3.38. The largest absolute Gasteiger partial charge is 0.494 e. The quantitative estimate of drug-likeness (QED) is 0.613. The molecule has 3 heteroatoms. The van der Waals surface area contributed by atoms with Gasteiger partial charge >= 0.3 is 0 Å². The molecule has 0 spiro atoms. The maximum Gasteiger partial charge on any atom is 0.119 e. The summed E-state index contributed by atoms with van der Waals surface area (Å²) in [5.74, 6) is 1.02. The molecule has 0 atom stereocenters. The zero-order chi connectivity index (χ0) is 14.3. The summed E-state index contributed by atoms with van der Waals surface area (Å²) in [5, 5.41) is 7.10. The number of rotatable bonds is 11. The van der Waals surface area contributed by atoms with Gasteiger partial charge in [-0.05, 0) is 69.2 Å². The van der Waals surface area contributed by atoms with Crippen LogP contribution >= 0.6 is 0 Å². The van der Waals surface area contributed by atoms with Crippen molar-refractivity contribution in [2.45, 2.75) is 63.6 Å². The van der Waals surface area contributed by atoms with E-state index in [1.165, 1.54) is 50.6 Å². The minimum Gasteiger partial charge on any atom is -0.494 e. The van der Waals surface area contributed by atoms with E-state index in [0.717, 1.165) is 37.4 Å². The molecule has 3 nitrogen and oxygen atoms in total. The molecular weight excluding hydrogens is 260 g/mol. The van der Waals surface area contributed by atoms with Crippen LogP contribution in [0.3, 0.4) is 0 Å². The van der Waals surface area contributed by atoms with E-state index in [4.69, 9.17) is 4.74 Å². The van der Waals surface area contributed by atoms with Crippen LogP contribution < -0.4 is 15.4 Å². The molecule has 0 aliphatic heterocycles. The van der Waals surface area contributed by atoms with Gasteiger partial charge in [-0.3, -0.25) is 0 Å². The molecule has 0 unspecified atom stereocenters. The summed E-state index contributed by atoms with van der Waals surface area (Å²) in [4.78, 5) is 0. The SMILES string of the molecule is c1cc(CNC2CC2)cc(OCCCCCNC2CC2)c1. The van der Waals surface area contributed by atoms with Crippen LogP contribution in [0.15, 0.2) is 24.3 Å². The lowest BCUT2D eigenvalue weighted by Crippen LogP contribution is -2.17. The number of nitrogens with one attached hydrogen (secondary N) is 2. The molecule has 0 aromatic heterocycles. The first kappa shape index (κ1) is 14.9. The van der Waals surface area contributed by atoms with Crippen LogP contribution in [0.1, 0.15) is 50.5 Å². The van der Waals surface area contributed by atoms with Crippen LogP contribution in [0, 0.1) is 0 Å². The number of hydrogen-bond donors (Lipinski definition) is 2. The van der Waals surface area contributed by atoms with Gasteiger partial charge in [-0.25, -0.2) is 0 Å². The molecule has 21 heavy (non-hydrogen) atoms. The van der Waals surface area contributed by atoms with Gasteiger partial charge in [0.05, 0.1) is 6.61 Å². The first-order chi connectivity index (χ1) is 10.4. The van der Waals surface area contributed by atoms with E-state index in [0.29, 0.717) is 0 Å². The normalized spacial score (nSPS) is 17.9. The highest BCUT2D eigenvalue weighted by Crippen LogP contribution is 2.20. The summed E-state index contributed by atoms with van der Waals surface area (Å²) < 4.78 is 5.86. The van der Waals surface area contributed by atoms with Gasteiger partial charge in [-0.2, -0.15) is 0 Å². The zero-order valence-electron chi connectivity index (χ0n) is 12.9. The Bertz CT molecular complexity index is 427. The van der Waals surface area contributed by atoms with Crippen molar-refractivity contribution in [3.63, 3.8) is 0 Å². The Labute approximate surface area is 128 Å². The third-order valence-corrected chi connectivity index (χ3v) is 4.17. The summed E-state index contributed by atoms with van der Waals surface area (Å²) in [6.45, 7) is 2.98. The minimum absolute atomic E-state index is 0.763. The molecule has 2 fully saturated rings. The van der Waals surface area contributed by atoms with Crippen molar-refractivity contribution in [2.24, 2.45) is 0 Å². The van der Waals surface area contributed by atoms with Crippen molar-refractivity contribution in [2.75, 3.05) is 13.2 Å². The van der Waals surface area contributed by atoms with E-state index in [1.807, 2.05) is 0 Å². The first-order valence-electron chi connectivity index (χ1n) is 8.59. The van der Waals surface area contributed by atoms with Crippen LogP contribution in [0.2, 0.25) is 0 Å². The molecule has 116 valence electrons. The van der Waals surface area contributed by atoms with E-state index < -0.39 is 0 Å². The Balaban J connectivity index is 1.25. The Kier molecular flexibility index (Phi) is 5.53. The van der Waals surface area contributed by atoms with E-state index in [9.17, 15) is 0 Å². The fourth-order valence-corrected chi connectivity index (χ4v) is 2.48. The second-order valence-electron chi connectivity index (χ2n) is 6.44.